The van der Waals surface area contributed by atoms with Gasteiger partial charge in [0.15, 0.2) is 5.82 Å². The van der Waals surface area contributed by atoms with Gasteiger partial charge in [0.1, 0.15) is 16.9 Å². The molecule has 8 heteroatoms. The normalized spacial score (nSPS) is 24.7. The number of benzene rings is 1. The first-order valence-electron chi connectivity index (χ1n) is 14.7. The third-order valence-electron chi connectivity index (χ3n) is 9.88. The van der Waals surface area contributed by atoms with Gasteiger partial charge < -0.3 is 24.5 Å². The number of carbonyl (C=O) groups excluding carboxylic acids is 1. The van der Waals surface area contributed by atoms with Crippen molar-refractivity contribution in [2.75, 3.05) is 13.7 Å². The number of hydrogen-bond acceptors (Lipinski definition) is 5. The summed E-state index contributed by atoms with van der Waals surface area (Å²) in [6.07, 6.45) is 10.3. The van der Waals surface area contributed by atoms with Crippen LogP contribution < -0.4 is 10.5 Å². The number of piperidine rings is 1. The van der Waals surface area contributed by atoms with Crippen LogP contribution in [-0.4, -0.2) is 55.6 Å². The minimum Gasteiger partial charge on any atom is -0.494 e. The summed E-state index contributed by atoms with van der Waals surface area (Å²) in [5, 5.41) is 1.14. The summed E-state index contributed by atoms with van der Waals surface area (Å²) in [6, 6.07) is 10.5. The summed E-state index contributed by atoms with van der Waals surface area (Å²) in [5.41, 5.74) is 11.0. The van der Waals surface area contributed by atoms with Crippen LogP contribution >= 0.6 is 0 Å². The molecule has 4 heterocycles. The van der Waals surface area contributed by atoms with Gasteiger partial charge in [-0.05, 0) is 86.6 Å². The monoisotopic (exact) mass is 524 g/mol. The van der Waals surface area contributed by atoms with Crippen molar-refractivity contribution in [3.8, 4) is 17.3 Å². The van der Waals surface area contributed by atoms with Gasteiger partial charge in [-0.2, -0.15) is 0 Å². The van der Waals surface area contributed by atoms with Crippen molar-refractivity contribution in [3.63, 3.8) is 0 Å². The van der Waals surface area contributed by atoms with Crippen LogP contribution in [0.5, 0.6) is 5.75 Å². The van der Waals surface area contributed by atoms with Crippen molar-refractivity contribution >= 4 is 28.0 Å². The van der Waals surface area contributed by atoms with Crippen molar-refractivity contribution in [1.29, 1.82) is 0 Å². The molecule has 3 unspecified atom stereocenters. The molecule has 4 aromatic rings. The highest BCUT2D eigenvalue weighted by Gasteiger charge is 2.47. The van der Waals surface area contributed by atoms with Gasteiger partial charge in [0.05, 0.1) is 18.3 Å². The summed E-state index contributed by atoms with van der Waals surface area (Å²) < 4.78 is 10.7. The molecule has 8 rings (SSSR count). The van der Waals surface area contributed by atoms with E-state index in [1.165, 1.54) is 32.1 Å². The molecule has 8 nitrogen and oxygen atoms in total. The fourth-order valence-corrected chi connectivity index (χ4v) is 7.28. The maximum atomic E-state index is 13.8. The molecule has 3 atom stereocenters. The number of ether oxygens (including phenoxy) is 1. The van der Waals surface area contributed by atoms with Crippen LogP contribution in [0.4, 0.5) is 0 Å². The summed E-state index contributed by atoms with van der Waals surface area (Å²) >= 11 is 0. The number of likely N-dealkylation sites (tertiary alicyclic amines) is 1. The smallest absolute Gasteiger partial charge is 0.254 e. The molecule has 2 bridgehead atoms. The minimum absolute atomic E-state index is 0.0417. The van der Waals surface area contributed by atoms with E-state index in [1.54, 1.807) is 7.11 Å². The van der Waals surface area contributed by atoms with E-state index in [0.29, 0.717) is 29.1 Å². The Hall–Kier alpha value is -3.39. The third kappa shape index (κ3) is 3.71. The molecule has 4 aliphatic rings. The second-order valence-electron chi connectivity index (χ2n) is 12.3. The highest BCUT2D eigenvalue weighted by atomic mass is 16.5. The van der Waals surface area contributed by atoms with Crippen molar-refractivity contribution in [1.82, 2.24) is 24.0 Å². The lowest BCUT2D eigenvalue weighted by molar-refractivity contribution is 0.0700. The molecular weight excluding hydrogens is 488 g/mol. The molecule has 1 aliphatic heterocycles. The van der Waals surface area contributed by atoms with Gasteiger partial charge in [-0.1, -0.05) is 6.42 Å². The second-order valence-corrected chi connectivity index (χ2v) is 12.3. The topological polar surface area (TPSA) is 91.2 Å². The molecule has 1 aromatic carbocycles. The number of amides is 1. The van der Waals surface area contributed by atoms with Crippen LogP contribution in [0, 0.1) is 17.8 Å². The van der Waals surface area contributed by atoms with E-state index in [-0.39, 0.29) is 18.0 Å². The Labute approximate surface area is 228 Å². The Morgan fingerprint density at radius 3 is 2.56 bits per heavy atom. The number of rotatable bonds is 7. The molecule has 2 N–H and O–H groups in total. The van der Waals surface area contributed by atoms with Gasteiger partial charge in [0.2, 0.25) is 0 Å². The third-order valence-corrected chi connectivity index (χ3v) is 9.88. The van der Waals surface area contributed by atoms with Crippen molar-refractivity contribution in [3.05, 3.63) is 42.1 Å². The number of aromatic nitrogens is 4. The zero-order chi connectivity index (χ0) is 26.2. The van der Waals surface area contributed by atoms with E-state index in [9.17, 15) is 4.79 Å². The molecule has 1 saturated heterocycles. The van der Waals surface area contributed by atoms with Gasteiger partial charge in [-0.15, -0.1) is 0 Å². The van der Waals surface area contributed by atoms with Crippen molar-refractivity contribution in [2.24, 2.45) is 23.5 Å². The molecule has 0 spiro atoms. The fourth-order valence-electron chi connectivity index (χ4n) is 7.28. The Morgan fingerprint density at radius 2 is 1.87 bits per heavy atom. The van der Waals surface area contributed by atoms with Crippen LogP contribution in [0.15, 0.2) is 36.5 Å². The van der Waals surface area contributed by atoms with Crippen LogP contribution in [0.1, 0.15) is 55.3 Å². The largest absolute Gasteiger partial charge is 0.494 e. The van der Waals surface area contributed by atoms with Gasteiger partial charge in [-0.25, -0.2) is 9.97 Å². The Kier molecular flexibility index (Phi) is 5.31. The Bertz CT molecular complexity index is 1600. The maximum Gasteiger partial charge on any atom is 0.254 e. The van der Waals surface area contributed by atoms with E-state index in [0.717, 1.165) is 66.1 Å². The van der Waals surface area contributed by atoms with Gasteiger partial charge in [0.25, 0.3) is 5.91 Å². The summed E-state index contributed by atoms with van der Waals surface area (Å²) in [5.74, 6) is 3.45. The average molecular weight is 525 g/mol. The number of nitrogens with zero attached hydrogens (tertiary/aromatic N) is 5. The van der Waals surface area contributed by atoms with Crippen LogP contribution in [0.2, 0.25) is 0 Å². The Morgan fingerprint density at radius 1 is 1.05 bits per heavy atom. The van der Waals surface area contributed by atoms with E-state index in [1.807, 2.05) is 29.3 Å². The quantitative estimate of drug-likeness (QED) is 0.374. The number of pyridine rings is 1. The number of fused-ring (bicyclic) bond motifs is 4. The maximum absolute atomic E-state index is 13.8. The SMILES string of the molecule is COc1cc(C(=O)N2CC3CCC2C3N)cc2nc(-c3cc4cccnc4n3CC3CC3)n(CC3CCC3)c12. The highest BCUT2D eigenvalue weighted by Crippen LogP contribution is 2.41. The van der Waals surface area contributed by atoms with E-state index >= 15 is 0 Å². The standard InChI is InChI=1S/C31H36N6O2/c1-39-26-14-22(31(38)36-17-21-9-10-24(36)27(21)32)12-23-28(26)37(16-18-4-2-5-18)30(34-23)25-13-20-6-3-11-33-29(20)35(25)15-19-7-8-19/h3,6,11-14,18-19,21,24,27H,2,4-5,7-10,15-17,32H2,1H3. The molecule has 1 amide bonds. The number of carbonyl (C=O) groups is 1. The second kappa shape index (κ2) is 8.81. The lowest BCUT2D eigenvalue weighted by atomic mass is 9.85. The van der Waals surface area contributed by atoms with E-state index in [4.69, 9.17) is 20.4 Å². The summed E-state index contributed by atoms with van der Waals surface area (Å²) in [6.45, 7) is 2.61. The number of imidazole rings is 1. The minimum atomic E-state index is 0.0417. The first-order chi connectivity index (χ1) is 19.1. The molecule has 3 aromatic heterocycles. The summed E-state index contributed by atoms with van der Waals surface area (Å²) in [4.78, 5) is 25.8. The number of nitrogens with two attached hydrogens (primary N) is 1. The molecule has 3 saturated carbocycles. The van der Waals surface area contributed by atoms with Gasteiger partial charge in [-0.3, -0.25) is 4.79 Å². The fraction of sp³-hybridized carbons (Fsp3) is 0.516. The summed E-state index contributed by atoms with van der Waals surface area (Å²) in [7, 11) is 1.70. The molecule has 4 fully saturated rings. The number of hydrogen-bond donors (Lipinski definition) is 1. The first-order valence-corrected chi connectivity index (χ1v) is 14.7. The molecule has 3 aliphatic carbocycles. The lowest BCUT2D eigenvalue weighted by Crippen LogP contribution is -2.41. The molecule has 0 radical (unpaired) electrons. The lowest BCUT2D eigenvalue weighted by Gasteiger charge is -2.28. The molecule has 202 valence electrons. The van der Waals surface area contributed by atoms with E-state index < -0.39 is 0 Å². The Balaban J connectivity index is 1.29. The van der Waals surface area contributed by atoms with Crippen LogP contribution in [0.25, 0.3) is 33.6 Å². The van der Waals surface area contributed by atoms with E-state index in [2.05, 4.69) is 21.3 Å². The number of methoxy groups -OCH3 is 1. The van der Waals surface area contributed by atoms with Crippen molar-refractivity contribution < 1.29 is 9.53 Å². The van der Waals surface area contributed by atoms with Crippen LogP contribution in [-0.2, 0) is 13.1 Å². The average Bonchev–Trinajstić information content (AvgIpc) is 3.28. The first kappa shape index (κ1) is 23.5. The van der Waals surface area contributed by atoms with Crippen LogP contribution in [0.3, 0.4) is 0 Å². The van der Waals surface area contributed by atoms with Crippen molar-refractivity contribution in [2.45, 2.75) is 70.1 Å². The zero-order valence-corrected chi connectivity index (χ0v) is 22.6. The predicted octanol–water partition coefficient (Wildman–Crippen LogP) is 4.83. The molecular formula is C31H36N6O2. The predicted molar refractivity (Wildman–Crippen MR) is 151 cm³/mol. The highest BCUT2D eigenvalue weighted by molar-refractivity contribution is 6.00. The zero-order valence-electron chi connectivity index (χ0n) is 22.6. The molecule has 39 heavy (non-hydrogen) atoms. The van der Waals surface area contributed by atoms with Gasteiger partial charge in [0, 0.05) is 48.9 Å². The van der Waals surface area contributed by atoms with Gasteiger partial charge >= 0.3 is 0 Å².